The molecule has 0 fully saturated rings. The molecular formula is C17H14ClNO4. The van der Waals surface area contributed by atoms with Crippen LogP contribution >= 0.6 is 11.6 Å². The van der Waals surface area contributed by atoms with E-state index in [4.69, 9.17) is 21.1 Å². The molecule has 0 radical (unpaired) electrons. The van der Waals surface area contributed by atoms with Gasteiger partial charge in [-0.2, -0.15) is 0 Å². The van der Waals surface area contributed by atoms with E-state index in [1.807, 2.05) is 12.1 Å². The van der Waals surface area contributed by atoms with Crippen molar-refractivity contribution < 1.29 is 19.1 Å². The third-order valence-corrected chi connectivity index (χ3v) is 3.84. The molecule has 2 aromatic rings. The fourth-order valence-corrected chi connectivity index (χ4v) is 2.64. The van der Waals surface area contributed by atoms with Gasteiger partial charge in [-0.1, -0.05) is 29.8 Å². The molecule has 118 valence electrons. The van der Waals surface area contributed by atoms with Crippen molar-refractivity contribution in [1.82, 2.24) is 0 Å². The Balaban J connectivity index is 1.80. The molecule has 5 nitrogen and oxygen atoms in total. The largest absolute Gasteiger partial charge is 0.495 e. The van der Waals surface area contributed by atoms with Crippen molar-refractivity contribution in [3.63, 3.8) is 0 Å². The molecule has 1 amide bonds. The lowest BCUT2D eigenvalue weighted by Crippen LogP contribution is -2.38. The van der Waals surface area contributed by atoms with E-state index in [-0.39, 0.29) is 0 Å². The number of nitrogens with one attached hydrogen (secondary N) is 1. The third-order valence-electron chi connectivity index (χ3n) is 3.60. The highest BCUT2D eigenvalue weighted by Gasteiger charge is 2.31. The van der Waals surface area contributed by atoms with Crippen LogP contribution in [0.5, 0.6) is 5.75 Å². The van der Waals surface area contributed by atoms with Crippen LogP contribution in [0.3, 0.4) is 0 Å². The minimum atomic E-state index is -0.888. The SMILES string of the molecule is COc1ccc(Cl)cc1NC(=O)[C@H]1Cc2ccccc2C(=O)O1. The molecule has 0 aliphatic carbocycles. The van der Waals surface area contributed by atoms with Crippen LogP contribution in [0.1, 0.15) is 15.9 Å². The van der Waals surface area contributed by atoms with Crippen molar-refractivity contribution in [2.45, 2.75) is 12.5 Å². The van der Waals surface area contributed by atoms with Crippen molar-refractivity contribution in [3.05, 3.63) is 58.6 Å². The van der Waals surface area contributed by atoms with Crippen LogP contribution < -0.4 is 10.1 Å². The smallest absolute Gasteiger partial charge is 0.339 e. The van der Waals surface area contributed by atoms with E-state index in [9.17, 15) is 9.59 Å². The lowest BCUT2D eigenvalue weighted by atomic mass is 9.98. The second-order valence-corrected chi connectivity index (χ2v) is 5.53. The van der Waals surface area contributed by atoms with Gasteiger partial charge in [-0.15, -0.1) is 0 Å². The number of anilines is 1. The Morgan fingerprint density at radius 1 is 1.30 bits per heavy atom. The first kappa shape index (κ1) is 15.4. The first-order chi connectivity index (χ1) is 11.1. The number of ether oxygens (including phenoxy) is 2. The monoisotopic (exact) mass is 331 g/mol. The van der Waals surface area contributed by atoms with E-state index >= 15 is 0 Å². The Morgan fingerprint density at radius 3 is 2.87 bits per heavy atom. The lowest BCUT2D eigenvalue weighted by molar-refractivity contribution is -0.125. The van der Waals surface area contributed by atoms with E-state index in [0.717, 1.165) is 5.56 Å². The molecule has 6 heteroatoms. The number of carbonyl (C=O) groups is 2. The lowest BCUT2D eigenvalue weighted by Gasteiger charge is -2.24. The van der Waals surface area contributed by atoms with Crippen LogP contribution in [-0.2, 0) is 16.0 Å². The minimum absolute atomic E-state index is 0.330. The average molecular weight is 332 g/mol. The highest BCUT2D eigenvalue weighted by Crippen LogP contribution is 2.29. The van der Waals surface area contributed by atoms with E-state index in [2.05, 4.69) is 5.32 Å². The number of carbonyl (C=O) groups excluding carboxylic acids is 2. The Hall–Kier alpha value is -2.53. The standard InChI is InChI=1S/C17H14ClNO4/c1-22-14-7-6-11(18)9-13(14)19-16(20)15-8-10-4-2-3-5-12(10)17(21)23-15/h2-7,9,15H,8H2,1H3,(H,19,20)/t15-/m1/s1. The van der Waals surface area contributed by atoms with Crippen molar-refractivity contribution in [3.8, 4) is 5.75 Å². The normalized spacial score (nSPS) is 16.3. The number of halogens is 1. The maximum Gasteiger partial charge on any atom is 0.339 e. The van der Waals surface area contributed by atoms with Crippen LogP contribution in [0.4, 0.5) is 5.69 Å². The molecule has 1 atom stereocenters. The Labute approximate surface area is 138 Å². The Bertz CT molecular complexity index is 775. The van der Waals surface area contributed by atoms with Gasteiger partial charge in [0.2, 0.25) is 0 Å². The minimum Gasteiger partial charge on any atom is -0.495 e. The Kier molecular flexibility index (Phi) is 4.21. The van der Waals surface area contributed by atoms with Crippen LogP contribution in [0.15, 0.2) is 42.5 Å². The first-order valence-corrected chi connectivity index (χ1v) is 7.39. The van der Waals surface area contributed by atoms with E-state index in [1.54, 1.807) is 30.3 Å². The van der Waals surface area contributed by atoms with Gasteiger partial charge in [-0.3, -0.25) is 4.79 Å². The summed E-state index contributed by atoms with van der Waals surface area (Å²) in [6.07, 6.45) is -0.558. The summed E-state index contributed by atoms with van der Waals surface area (Å²) in [5.41, 5.74) is 1.72. The first-order valence-electron chi connectivity index (χ1n) is 7.02. The number of hydrogen-bond donors (Lipinski definition) is 1. The molecule has 23 heavy (non-hydrogen) atoms. The topological polar surface area (TPSA) is 64.6 Å². The van der Waals surface area contributed by atoms with Crippen LogP contribution in [0, 0.1) is 0 Å². The molecule has 1 aliphatic heterocycles. The number of benzene rings is 2. The van der Waals surface area contributed by atoms with E-state index in [1.165, 1.54) is 7.11 Å². The van der Waals surface area contributed by atoms with Crippen LogP contribution in [0.25, 0.3) is 0 Å². The molecule has 2 aromatic carbocycles. The maximum absolute atomic E-state index is 12.4. The molecule has 3 rings (SSSR count). The molecule has 0 unspecified atom stereocenters. The van der Waals surface area contributed by atoms with Crippen LogP contribution in [-0.4, -0.2) is 25.1 Å². The third kappa shape index (κ3) is 3.14. The highest BCUT2D eigenvalue weighted by atomic mass is 35.5. The van der Waals surface area contributed by atoms with Gasteiger partial charge < -0.3 is 14.8 Å². The van der Waals surface area contributed by atoms with E-state index in [0.29, 0.717) is 28.4 Å². The van der Waals surface area contributed by atoms with Gasteiger partial charge in [0.1, 0.15) is 5.75 Å². The van der Waals surface area contributed by atoms with Gasteiger partial charge in [0.15, 0.2) is 6.10 Å². The van der Waals surface area contributed by atoms with Gasteiger partial charge in [-0.25, -0.2) is 4.79 Å². The number of rotatable bonds is 3. The van der Waals surface area contributed by atoms with Crippen molar-refractivity contribution in [2.75, 3.05) is 12.4 Å². The fraction of sp³-hybridized carbons (Fsp3) is 0.176. The zero-order valence-electron chi connectivity index (χ0n) is 12.3. The molecule has 0 saturated heterocycles. The van der Waals surface area contributed by atoms with E-state index < -0.39 is 18.0 Å². The quantitative estimate of drug-likeness (QED) is 0.878. The predicted molar refractivity (Wildman–Crippen MR) is 86.0 cm³/mol. The molecular weight excluding hydrogens is 318 g/mol. The van der Waals surface area contributed by atoms with Crippen LogP contribution in [0.2, 0.25) is 5.02 Å². The number of methoxy groups -OCH3 is 1. The summed E-state index contributed by atoms with van der Waals surface area (Å²) in [6.45, 7) is 0. The summed E-state index contributed by atoms with van der Waals surface area (Å²) >= 11 is 5.94. The van der Waals surface area contributed by atoms with Crippen molar-refractivity contribution in [1.29, 1.82) is 0 Å². The number of amides is 1. The maximum atomic E-state index is 12.4. The number of fused-ring (bicyclic) bond motifs is 1. The molecule has 0 saturated carbocycles. The summed E-state index contributed by atoms with van der Waals surface area (Å²) in [4.78, 5) is 24.4. The summed E-state index contributed by atoms with van der Waals surface area (Å²) in [5, 5.41) is 3.16. The zero-order valence-corrected chi connectivity index (χ0v) is 13.1. The number of cyclic esters (lactones) is 1. The molecule has 1 heterocycles. The highest BCUT2D eigenvalue weighted by molar-refractivity contribution is 6.31. The molecule has 1 N–H and O–H groups in total. The molecule has 0 spiro atoms. The average Bonchev–Trinajstić information content (AvgIpc) is 2.55. The Morgan fingerprint density at radius 2 is 2.09 bits per heavy atom. The molecule has 0 aromatic heterocycles. The summed E-state index contributed by atoms with van der Waals surface area (Å²) in [6, 6.07) is 12.0. The fourth-order valence-electron chi connectivity index (χ4n) is 2.47. The van der Waals surface area contributed by atoms with Crippen molar-refractivity contribution >= 4 is 29.2 Å². The second-order valence-electron chi connectivity index (χ2n) is 5.09. The second kappa shape index (κ2) is 6.30. The zero-order chi connectivity index (χ0) is 16.4. The van der Waals surface area contributed by atoms with Crippen molar-refractivity contribution in [2.24, 2.45) is 0 Å². The van der Waals surface area contributed by atoms with Gasteiger partial charge in [0, 0.05) is 11.4 Å². The van der Waals surface area contributed by atoms with Gasteiger partial charge in [0.05, 0.1) is 18.4 Å². The summed E-state index contributed by atoms with van der Waals surface area (Å²) in [7, 11) is 1.50. The summed E-state index contributed by atoms with van der Waals surface area (Å²) in [5.74, 6) is -0.441. The van der Waals surface area contributed by atoms with Gasteiger partial charge >= 0.3 is 5.97 Å². The summed E-state index contributed by atoms with van der Waals surface area (Å²) < 4.78 is 10.4. The predicted octanol–water partition coefficient (Wildman–Crippen LogP) is 3.07. The number of esters is 1. The van der Waals surface area contributed by atoms with Gasteiger partial charge in [-0.05, 0) is 29.8 Å². The molecule has 1 aliphatic rings. The molecule has 0 bridgehead atoms. The number of hydrogen-bond acceptors (Lipinski definition) is 4. The van der Waals surface area contributed by atoms with Gasteiger partial charge in [0.25, 0.3) is 5.91 Å².